The highest BCUT2D eigenvalue weighted by Crippen LogP contribution is 2.31. The fourth-order valence-electron chi connectivity index (χ4n) is 4.06. The Hall–Kier alpha value is -2.84. The summed E-state index contributed by atoms with van der Waals surface area (Å²) in [5.41, 5.74) is 4.89. The van der Waals surface area contributed by atoms with Crippen LogP contribution in [0.2, 0.25) is 0 Å². The Labute approximate surface area is 200 Å². The molecule has 0 amide bonds. The van der Waals surface area contributed by atoms with E-state index < -0.39 is 12.0 Å². The Bertz CT molecular complexity index is 1440. The minimum Gasteiger partial charge on any atom is -0.463 e. The maximum atomic E-state index is 13.7. The number of carbonyl (C=O) groups excluding carboxylic acids is 1. The van der Waals surface area contributed by atoms with Crippen molar-refractivity contribution in [2.75, 3.05) is 12.9 Å². The lowest BCUT2D eigenvalue weighted by Crippen LogP contribution is -2.39. The first kappa shape index (κ1) is 23.3. The molecule has 0 bridgehead atoms. The summed E-state index contributed by atoms with van der Waals surface area (Å²) < 4.78 is 9.68. The third-order valence-electron chi connectivity index (χ3n) is 6.05. The lowest BCUT2D eigenvalue weighted by molar-refractivity contribution is -0.139. The monoisotopic (exact) mass is 481 g/mol. The van der Waals surface area contributed by atoms with Gasteiger partial charge in [0.2, 0.25) is 0 Å². The van der Waals surface area contributed by atoms with Gasteiger partial charge >= 0.3 is 5.97 Å². The lowest BCUT2D eigenvalue weighted by atomic mass is 9.96. The van der Waals surface area contributed by atoms with Crippen LogP contribution in [-0.2, 0) is 16.6 Å². The number of nitrogens with zero attached hydrogens (tertiary/aromatic N) is 3. The zero-order valence-electron chi connectivity index (χ0n) is 19.6. The highest BCUT2D eigenvalue weighted by molar-refractivity contribution is 7.98. The van der Waals surface area contributed by atoms with Gasteiger partial charge in [-0.25, -0.2) is 9.79 Å². The minimum absolute atomic E-state index is 0.159. The van der Waals surface area contributed by atoms with E-state index in [-0.39, 0.29) is 12.2 Å². The van der Waals surface area contributed by atoms with Gasteiger partial charge in [-0.2, -0.15) is 0 Å². The molecule has 8 heteroatoms. The summed E-state index contributed by atoms with van der Waals surface area (Å²) in [4.78, 5) is 32.9. The first-order chi connectivity index (χ1) is 15.8. The van der Waals surface area contributed by atoms with Gasteiger partial charge in [0.05, 0.1) is 28.5 Å². The third kappa shape index (κ3) is 4.13. The van der Waals surface area contributed by atoms with Gasteiger partial charge < -0.3 is 9.30 Å². The smallest absolute Gasteiger partial charge is 0.338 e. The number of fused-ring (bicyclic) bond motifs is 1. The number of benzene rings is 1. The van der Waals surface area contributed by atoms with Crippen molar-refractivity contribution in [3.63, 3.8) is 0 Å². The summed E-state index contributed by atoms with van der Waals surface area (Å²) in [5.74, 6) is -0.443. The molecular weight excluding hydrogens is 454 g/mol. The molecule has 0 saturated heterocycles. The molecule has 2 aromatic heterocycles. The van der Waals surface area contributed by atoms with Crippen molar-refractivity contribution in [3.8, 4) is 0 Å². The van der Waals surface area contributed by atoms with Crippen LogP contribution < -0.4 is 14.9 Å². The van der Waals surface area contributed by atoms with E-state index in [4.69, 9.17) is 4.74 Å². The van der Waals surface area contributed by atoms with E-state index in [1.165, 1.54) is 11.3 Å². The molecule has 3 heterocycles. The van der Waals surface area contributed by atoms with Crippen molar-refractivity contribution >= 4 is 35.1 Å². The summed E-state index contributed by atoms with van der Waals surface area (Å²) in [6.45, 7) is 7.91. The van der Waals surface area contributed by atoms with Crippen LogP contribution in [0.3, 0.4) is 0 Å². The second-order valence-electron chi connectivity index (χ2n) is 7.96. The number of ether oxygens (including phenoxy) is 1. The molecule has 1 unspecified atom stereocenters. The number of thioether (sulfide) groups is 1. The lowest BCUT2D eigenvalue weighted by Gasteiger charge is -2.24. The molecule has 6 nitrogen and oxygen atoms in total. The van der Waals surface area contributed by atoms with Gasteiger partial charge in [-0.05, 0) is 69.4 Å². The maximum Gasteiger partial charge on any atom is 0.338 e. The summed E-state index contributed by atoms with van der Waals surface area (Å²) in [6.07, 6.45) is 3.93. The largest absolute Gasteiger partial charge is 0.463 e. The van der Waals surface area contributed by atoms with Gasteiger partial charge in [0.1, 0.15) is 0 Å². The molecule has 3 aromatic rings. The second kappa shape index (κ2) is 9.19. The molecular formula is C25H27N3O3S2. The van der Waals surface area contributed by atoms with Gasteiger partial charge in [0.15, 0.2) is 4.80 Å². The predicted molar refractivity (Wildman–Crippen MR) is 134 cm³/mol. The zero-order chi connectivity index (χ0) is 23.9. The first-order valence-corrected chi connectivity index (χ1v) is 12.8. The van der Waals surface area contributed by atoms with Gasteiger partial charge in [0.25, 0.3) is 5.56 Å². The highest BCUT2D eigenvalue weighted by atomic mass is 32.2. The molecule has 1 atom stereocenters. The molecule has 33 heavy (non-hydrogen) atoms. The van der Waals surface area contributed by atoms with Crippen LogP contribution in [0.25, 0.3) is 6.08 Å². The van der Waals surface area contributed by atoms with Crippen molar-refractivity contribution in [2.45, 2.75) is 38.6 Å². The molecule has 1 aliphatic heterocycles. The zero-order valence-corrected chi connectivity index (χ0v) is 21.3. The van der Waals surface area contributed by atoms with Crippen LogP contribution in [-0.4, -0.2) is 28.0 Å². The molecule has 0 saturated carbocycles. The average molecular weight is 482 g/mol. The fourth-order valence-corrected chi connectivity index (χ4v) is 5.51. The highest BCUT2D eigenvalue weighted by Gasteiger charge is 2.33. The molecule has 1 aliphatic rings. The summed E-state index contributed by atoms with van der Waals surface area (Å²) in [6, 6.07) is 9.43. The Balaban J connectivity index is 1.96. The number of allylic oxidation sites excluding steroid dienone is 1. The third-order valence-corrected chi connectivity index (χ3v) is 7.78. The van der Waals surface area contributed by atoms with Crippen LogP contribution in [0.15, 0.2) is 56.3 Å². The van der Waals surface area contributed by atoms with E-state index in [1.807, 2.05) is 57.5 Å². The number of hydrogen-bond donors (Lipinski definition) is 0. The molecule has 0 fully saturated rings. The van der Waals surface area contributed by atoms with Gasteiger partial charge in [0, 0.05) is 23.3 Å². The molecule has 4 rings (SSSR count). The fraction of sp³-hybridized carbons (Fsp3) is 0.320. The number of thiazole rings is 1. The van der Waals surface area contributed by atoms with Crippen molar-refractivity contribution in [1.29, 1.82) is 0 Å². The first-order valence-electron chi connectivity index (χ1n) is 10.7. The molecule has 0 aliphatic carbocycles. The number of esters is 1. The van der Waals surface area contributed by atoms with Crippen molar-refractivity contribution in [1.82, 2.24) is 9.13 Å². The van der Waals surface area contributed by atoms with Gasteiger partial charge in [-0.1, -0.05) is 23.5 Å². The minimum atomic E-state index is -0.586. The van der Waals surface area contributed by atoms with Crippen molar-refractivity contribution in [2.24, 2.45) is 12.0 Å². The Morgan fingerprint density at radius 1 is 1.24 bits per heavy atom. The number of rotatable bonds is 5. The second-order valence-corrected chi connectivity index (χ2v) is 9.85. The van der Waals surface area contributed by atoms with E-state index in [2.05, 4.69) is 15.6 Å². The number of carbonyl (C=O) groups is 1. The van der Waals surface area contributed by atoms with Crippen LogP contribution in [0, 0.1) is 13.8 Å². The number of aryl methyl sites for hydroxylation is 1. The molecule has 0 spiro atoms. The summed E-state index contributed by atoms with van der Waals surface area (Å²) >= 11 is 2.99. The SMILES string of the molecule is CCOC(=O)C1=C(C)N=c2s/c(=C/c3cc(C)n(C)c3C)c(=O)n2C1c1ccc(SC)cc1. The van der Waals surface area contributed by atoms with Gasteiger partial charge in [-0.3, -0.25) is 9.36 Å². The van der Waals surface area contributed by atoms with Crippen molar-refractivity contribution < 1.29 is 9.53 Å². The van der Waals surface area contributed by atoms with E-state index >= 15 is 0 Å². The van der Waals surface area contributed by atoms with E-state index in [9.17, 15) is 9.59 Å². The standard InChI is InChI=1S/C25H27N3O3S2/c1-7-31-24(30)21-15(3)26-25-28(22(21)17-8-10-19(32-6)11-9-17)23(29)20(33-25)13-18-12-14(2)27(5)16(18)4/h8-13,22H,7H2,1-6H3/b20-13+. The maximum absolute atomic E-state index is 13.7. The average Bonchev–Trinajstić information content (AvgIpc) is 3.23. The number of aromatic nitrogens is 2. The molecule has 1 aromatic carbocycles. The predicted octanol–water partition coefficient (Wildman–Crippen LogP) is 3.48. The molecule has 172 valence electrons. The van der Waals surface area contributed by atoms with Crippen molar-refractivity contribution in [3.05, 3.63) is 83.8 Å². The molecule has 0 radical (unpaired) electrons. The summed E-state index contributed by atoms with van der Waals surface area (Å²) in [5, 5.41) is 0. The van der Waals surface area contributed by atoms with Crippen LogP contribution >= 0.6 is 23.1 Å². The quantitative estimate of drug-likeness (QED) is 0.413. The summed E-state index contributed by atoms with van der Waals surface area (Å²) in [7, 11) is 2.01. The van der Waals surface area contributed by atoms with E-state index in [0.29, 0.717) is 20.6 Å². The number of hydrogen-bond acceptors (Lipinski definition) is 6. The molecule has 0 N–H and O–H groups in total. The van der Waals surface area contributed by atoms with Crippen LogP contribution in [0.1, 0.15) is 42.4 Å². The van der Waals surface area contributed by atoms with Crippen LogP contribution in [0.5, 0.6) is 0 Å². The topological polar surface area (TPSA) is 65.6 Å². The Kier molecular flexibility index (Phi) is 6.50. The van der Waals surface area contributed by atoms with Crippen LogP contribution in [0.4, 0.5) is 0 Å². The van der Waals surface area contributed by atoms with E-state index in [0.717, 1.165) is 27.4 Å². The normalized spacial score (nSPS) is 16.1. The van der Waals surface area contributed by atoms with Gasteiger partial charge in [-0.15, -0.1) is 11.8 Å². The Morgan fingerprint density at radius 3 is 2.52 bits per heavy atom. The Morgan fingerprint density at radius 2 is 1.94 bits per heavy atom. The van der Waals surface area contributed by atoms with E-state index in [1.54, 1.807) is 30.2 Å².